The molecule has 6 heteroatoms. The van der Waals surface area contributed by atoms with Gasteiger partial charge >= 0.3 is 0 Å². The molecule has 0 aliphatic carbocycles. The van der Waals surface area contributed by atoms with Crippen molar-refractivity contribution < 1.29 is 0 Å². The predicted molar refractivity (Wildman–Crippen MR) is 78.3 cm³/mol. The molecule has 1 saturated heterocycles. The Labute approximate surface area is 121 Å². The maximum Gasteiger partial charge on any atom is 0.224 e. The summed E-state index contributed by atoms with van der Waals surface area (Å²) in [5, 5.41) is 0.298. The summed E-state index contributed by atoms with van der Waals surface area (Å²) in [5.74, 6) is 0.892. The standard InChI is InChI=1S/C12H18BrClN4/c1-12(2,3)18-6-4-17(5-7-18)10-9(13)8-15-11(14)16-10/h8H,4-7H2,1-3H3. The molecule has 0 spiro atoms. The van der Waals surface area contributed by atoms with E-state index in [9.17, 15) is 0 Å². The van der Waals surface area contributed by atoms with Crippen molar-refractivity contribution in [3.8, 4) is 0 Å². The van der Waals surface area contributed by atoms with Gasteiger partial charge in [-0.05, 0) is 48.3 Å². The van der Waals surface area contributed by atoms with Gasteiger partial charge in [-0.25, -0.2) is 4.98 Å². The van der Waals surface area contributed by atoms with Crippen LogP contribution in [0.1, 0.15) is 20.8 Å². The van der Waals surface area contributed by atoms with E-state index in [0.29, 0.717) is 5.28 Å². The molecule has 18 heavy (non-hydrogen) atoms. The van der Waals surface area contributed by atoms with Crippen LogP contribution in [0.4, 0.5) is 5.82 Å². The van der Waals surface area contributed by atoms with Crippen LogP contribution in [-0.4, -0.2) is 46.6 Å². The van der Waals surface area contributed by atoms with Gasteiger partial charge in [0.05, 0.1) is 4.47 Å². The second-order valence-electron chi connectivity index (χ2n) is 5.46. The first-order chi connectivity index (χ1) is 8.38. The minimum Gasteiger partial charge on any atom is -0.353 e. The minimum atomic E-state index is 0.229. The molecule has 2 heterocycles. The van der Waals surface area contributed by atoms with E-state index in [1.54, 1.807) is 6.20 Å². The molecule has 0 N–H and O–H groups in total. The van der Waals surface area contributed by atoms with Crippen molar-refractivity contribution in [2.45, 2.75) is 26.3 Å². The molecule has 0 atom stereocenters. The van der Waals surface area contributed by atoms with Crippen LogP contribution >= 0.6 is 27.5 Å². The van der Waals surface area contributed by atoms with Crippen molar-refractivity contribution in [1.82, 2.24) is 14.9 Å². The van der Waals surface area contributed by atoms with E-state index in [1.807, 2.05) is 0 Å². The van der Waals surface area contributed by atoms with E-state index in [0.717, 1.165) is 36.5 Å². The van der Waals surface area contributed by atoms with E-state index in [2.05, 4.69) is 56.5 Å². The van der Waals surface area contributed by atoms with E-state index in [4.69, 9.17) is 11.6 Å². The summed E-state index contributed by atoms with van der Waals surface area (Å²) < 4.78 is 0.899. The maximum atomic E-state index is 5.86. The second-order valence-corrected chi connectivity index (χ2v) is 6.65. The molecule has 0 saturated carbocycles. The van der Waals surface area contributed by atoms with Gasteiger partial charge in [-0.2, -0.15) is 4.98 Å². The van der Waals surface area contributed by atoms with Crippen LogP contribution in [0.15, 0.2) is 10.7 Å². The largest absolute Gasteiger partial charge is 0.353 e. The van der Waals surface area contributed by atoms with Crippen LogP contribution in [0.25, 0.3) is 0 Å². The van der Waals surface area contributed by atoms with Crippen LogP contribution in [0.3, 0.4) is 0 Å². The Balaban J connectivity index is 2.08. The maximum absolute atomic E-state index is 5.86. The van der Waals surface area contributed by atoms with Crippen LogP contribution in [0, 0.1) is 0 Å². The fourth-order valence-corrected chi connectivity index (χ4v) is 2.72. The number of anilines is 1. The molecule has 0 bridgehead atoms. The van der Waals surface area contributed by atoms with E-state index < -0.39 is 0 Å². The Kier molecular flexibility index (Phi) is 4.14. The highest BCUT2D eigenvalue weighted by Crippen LogP contribution is 2.26. The molecule has 0 aromatic carbocycles. The predicted octanol–water partition coefficient (Wildman–Crippen LogP) is 2.81. The van der Waals surface area contributed by atoms with Crippen molar-refractivity contribution in [1.29, 1.82) is 0 Å². The van der Waals surface area contributed by atoms with Crippen molar-refractivity contribution in [3.05, 3.63) is 16.0 Å². The van der Waals surface area contributed by atoms with Gasteiger partial charge in [-0.15, -0.1) is 0 Å². The Hall–Kier alpha value is -0.390. The summed E-state index contributed by atoms with van der Waals surface area (Å²) >= 11 is 9.34. The fourth-order valence-electron chi connectivity index (χ4n) is 2.15. The van der Waals surface area contributed by atoms with Gasteiger partial charge < -0.3 is 4.90 Å². The van der Waals surface area contributed by atoms with Gasteiger partial charge in [-0.1, -0.05) is 0 Å². The number of piperazine rings is 1. The molecule has 1 aliphatic heterocycles. The summed E-state index contributed by atoms with van der Waals surface area (Å²) in [6, 6.07) is 0. The molecule has 2 rings (SSSR count). The molecule has 1 fully saturated rings. The first-order valence-electron chi connectivity index (χ1n) is 6.06. The summed E-state index contributed by atoms with van der Waals surface area (Å²) in [4.78, 5) is 13.0. The Morgan fingerprint density at radius 3 is 2.39 bits per heavy atom. The van der Waals surface area contributed by atoms with Crippen molar-refractivity contribution >= 4 is 33.3 Å². The Bertz CT molecular complexity index is 425. The third-order valence-corrected chi connectivity index (χ3v) is 3.97. The highest BCUT2D eigenvalue weighted by Gasteiger charge is 2.27. The van der Waals surface area contributed by atoms with Gasteiger partial charge in [-0.3, -0.25) is 4.90 Å². The lowest BCUT2D eigenvalue weighted by atomic mass is 10.1. The molecule has 0 amide bonds. The lowest BCUT2D eigenvalue weighted by Crippen LogP contribution is -2.53. The third kappa shape index (κ3) is 3.13. The number of aromatic nitrogens is 2. The average molecular weight is 334 g/mol. The molecule has 0 unspecified atom stereocenters. The summed E-state index contributed by atoms with van der Waals surface area (Å²) in [7, 11) is 0. The number of hydrogen-bond donors (Lipinski definition) is 0. The number of nitrogens with zero attached hydrogens (tertiary/aromatic N) is 4. The van der Waals surface area contributed by atoms with Gasteiger partial charge in [0, 0.05) is 37.9 Å². The molecule has 0 radical (unpaired) electrons. The molecule has 1 aromatic rings. The monoisotopic (exact) mass is 332 g/mol. The van der Waals surface area contributed by atoms with Crippen molar-refractivity contribution in [2.24, 2.45) is 0 Å². The van der Waals surface area contributed by atoms with Gasteiger partial charge in [0.15, 0.2) is 0 Å². The summed E-state index contributed by atoms with van der Waals surface area (Å²) in [6.45, 7) is 10.8. The smallest absolute Gasteiger partial charge is 0.224 e. The minimum absolute atomic E-state index is 0.229. The van der Waals surface area contributed by atoms with Gasteiger partial charge in [0.25, 0.3) is 0 Å². The molecule has 1 aromatic heterocycles. The third-order valence-electron chi connectivity index (χ3n) is 3.22. The summed E-state index contributed by atoms with van der Waals surface area (Å²) in [6.07, 6.45) is 1.71. The highest BCUT2D eigenvalue weighted by atomic mass is 79.9. The van der Waals surface area contributed by atoms with Crippen molar-refractivity contribution in [3.63, 3.8) is 0 Å². The number of hydrogen-bond acceptors (Lipinski definition) is 4. The Morgan fingerprint density at radius 1 is 1.22 bits per heavy atom. The van der Waals surface area contributed by atoms with Crippen LogP contribution < -0.4 is 4.90 Å². The molecule has 100 valence electrons. The molecular formula is C12H18BrClN4. The first kappa shape index (κ1) is 14.0. The number of rotatable bonds is 1. The zero-order valence-electron chi connectivity index (χ0n) is 11.0. The fraction of sp³-hybridized carbons (Fsp3) is 0.667. The second kappa shape index (κ2) is 5.31. The SMILES string of the molecule is CC(C)(C)N1CCN(c2nc(Cl)ncc2Br)CC1. The zero-order chi connectivity index (χ0) is 13.3. The van der Waals surface area contributed by atoms with Crippen LogP contribution in [-0.2, 0) is 0 Å². The van der Waals surface area contributed by atoms with Crippen LogP contribution in [0.2, 0.25) is 5.28 Å². The van der Waals surface area contributed by atoms with Crippen LogP contribution in [0.5, 0.6) is 0 Å². The quantitative estimate of drug-likeness (QED) is 0.740. The van der Waals surface area contributed by atoms with E-state index in [-0.39, 0.29) is 5.54 Å². The summed E-state index contributed by atoms with van der Waals surface area (Å²) in [5.41, 5.74) is 0.229. The average Bonchev–Trinajstić information content (AvgIpc) is 2.31. The zero-order valence-corrected chi connectivity index (χ0v) is 13.3. The van der Waals surface area contributed by atoms with E-state index >= 15 is 0 Å². The highest BCUT2D eigenvalue weighted by molar-refractivity contribution is 9.10. The topological polar surface area (TPSA) is 32.3 Å². The van der Waals surface area contributed by atoms with Gasteiger partial charge in [0.2, 0.25) is 5.28 Å². The number of halogens is 2. The molecule has 1 aliphatic rings. The Morgan fingerprint density at radius 2 is 1.83 bits per heavy atom. The first-order valence-corrected chi connectivity index (χ1v) is 7.23. The van der Waals surface area contributed by atoms with E-state index in [1.165, 1.54) is 0 Å². The normalized spacial score (nSPS) is 18.2. The van der Waals surface area contributed by atoms with Crippen molar-refractivity contribution in [2.75, 3.05) is 31.1 Å². The lowest BCUT2D eigenvalue weighted by Gasteiger charge is -2.42. The van der Waals surface area contributed by atoms with Gasteiger partial charge in [0.1, 0.15) is 5.82 Å². The molecular weight excluding hydrogens is 316 g/mol. The lowest BCUT2D eigenvalue weighted by molar-refractivity contribution is 0.128. The molecule has 4 nitrogen and oxygen atoms in total.